The summed E-state index contributed by atoms with van der Waals surface area (Å²) in [7, 11) is 1.61. The molecule has 0 spiro atoms. The molecule has 0 saturated heterocycles. The molecule has 17 heavy (non-hydrogen) atoms. The first-order chi connectivity index (χ1) is 8.24. The number of aromatic nitrogens is 2. The highest BCUT2D eigenvalue weighted by Gasteiger charge is 2.00. The van der Waals surface area contributed by atoms with E-state index in [0.717, 1.165) is 35.1 Å². The van der Waals surface area contributed by atoms with Gasteiger partial charge in [-0.1, -0.05) is 0 Å². The van der Waals surface area contributed by atoms with Crippen LogP contribution >= 0.6 is 23.7 Å². The molecule has 1 aromatic rings. The lowest BCUT2D eigenvalue weighted by atomic mass is 10.4. The fourth-order valence-corrected chi connectivity index (χ4v) is 2.89. The lowest BCUT2D eigenvalue weighted by Crippen LogP contribution is -2.27. The number of carbonyl (C=O) groups excluding carboxylic acids is 1. The predicted octanol–water partition coefficient (Wildman–Crippen LogP) is 1.92. The Morgan fingerprint density at radius 1 is 1.53 bits per heavy atom. The van der Waals surface area contributed by atoms with Gasteiger partial charge in [-0.25, -0.2) is 9.78 Å². The first kappa shape index (κ1) is 14.2. The third-order valence-corrected chi connectivity index (χ3v) is 3.98. The van der Waals surface area contributed by atoms with Gasteiger partial charge in [-0.3, -0.25) is 4.72 Å². The molecule has 1 rings (SSSR count). The van der Waals surface area contributed by atoms with Gasteiger partial charge in [0.1, 0.15) is 0 Å². The number of rotatable bonds is 7. The van der Waals surface area contributed by atoms with Gasteiger partial charge < -0.3 is 10.3 Å². The van der Waals surface area contributed by atoms with Crippen LogP contribution in [0.2, 0.25) is 0 Å². The van der Waals surface area contributed by atoms with E-state index in [9.17, 15) is 4.79 Å². The van der Waals surface area contributed by atoms with Crippen molar-refractivity contribution in [2.75, 3.05) is 18.6 Å². The molecule has 0 aliphatic heterocycles. The minimum Gasteiger partial charge on any atom is -0.348 e. The van der Waals surface area contributed by atoms with Gasteiger partial charge in [0.15, 0.2) is 0 Å². The smallest absolute Gasteiger partial charge is 0.324 e. The minimum absolute atomic E-state index is 0.144. The lowest BCUT2D eigenvalue weighted by molar-refractivity contribution is 0.248. The molecule has 0 atom stereocenters. The Morgan fingerprint density at radius 3 is 3.00 bits per heavy atom. The number of nitrogens with one attached hydrogen (secondary N) is 3. The molecule has 7 heteroatoms. The Hall–Kier alpha value is -0.820. The highest BCUT2D eigenvalue weighted by atomic mass is 32.2. The summed E-state index contributed by atoms with van der Waals surface area (Å²) in [5, 5.41) is 2.50. The van der Waals surface area contributed by atoms with Gasteiger partial charge in [0.2, 0.25) is 0 Å². The van der Waals surface area contributed by atoms with E-state index in [0.29, 0.717) is 0 Å². The van der Waals surface area contributed by atoms with Crippen molar-refractivity contribution >= 4 is 29.7 Å². The highest BCUT2D eigenvalue weighted by Crippen LogP contribution is 2.14. The van der Waals surface area contributed by atoms with Crippen LogP contribution < -0.4 is 10.0 Å². The fourth-order valence-electron chi connectivity index (χ4n) is 1.10. The lowest BCUT2D eigenvalue weighted by Gasteiger charge is -2.03. The first-order valence-electron chi connectivity index (χ1n) is 5.40. The maximum Gasteiger partial charge on any atom is 0.324 e. The van der Waals surface area contributed by atoms with E-state index in [2.05, 4.69) is 20.0 Å². The second-order valence-corrected chi connectivity index (χ2v) is 5.42. The van der Waals surface area contributed by atoms with Crippen LogP contribution in [0.3, 0.4) is 0 Å². The molecule has 3 N–H and O–H groups in total. The van der Waals surface area contributed by atoms with Crippen molar-refractivity contribution in [1.29, 1.82) is 0 Å². The second kappa shape index (κ2) is 8.30. The quantitative estimate of drug-likeness (QED) is 0.525. The average molecular weight is 274 g/mol. The number of nitrogens with zero attached hydrogens (tertiary/aromatic N) is 1. The van der Waals surface area contributed by atoms with Crippen molar-refractivity contribution in [2.24, 2.45) is 0 Å². The highest BCUT2D eigenvalue weighted by molar-refractivity contribution is 7.99. The zero-order chi connectivity index (χ0) is 12.5. The van der Waals surface area contributed by atoms with Crippen molar-refractivity contribution < 1.29 is 4.79 Å². The van der Waals surface area contributed by atoms with E-state index in [1.807, 2.05) is 18.7 Å². The van der Waals surface area contributed by atoms with Gasteiger partial charge >= 0.3 is 6.03 Å². The summed E-state index contributed by atoms with van der Waals surface area (Å²) in [4.78, 5) is 18.1. The molecule has 0 aromatic carbocycles. The summed E-state index contributed by atoms with van der Waals surface area (Å²) >= 11 is 3.31. The monoisotopic (exact) mass is 274 g/mol. The van der Waals surface area contributed by atoms with Crippen molar-refractivity contribution in [3.8, 4) is 0 Å². The van der Waals surface area contributed by atoms with Crippen LogP contribution in [-0.4, -0.2) is 34.6 Å². The van der Waals surface area contributed by atoms with E-state index >= 15 is 0 Å². The van der Waals surface area contributed by atoms with Crippen molar-refractivity contribution in [2.45, 2.75) is 19.1 Å². The van der Waals surface area contributed by atoms with Gasteiger partial charge in [0, 0.05) is 24.2 Å². The zero-order valence-electron chi connectivity index (χ0n) is 10.1. The average Bonchev–Trinajstić information content (AvgIpc) is 2.73. The molecule has 0 saturated carbocycles. The van der Waals surface area contributed by atoms with Crippen LogP contribution in [0.5, 0.6) is 0 Å². The van der Waals surface area contributed by atoms with Gasteiger partial charge in [-0.15, -0.1) is 0 Å². The standard InChI is InChI=1S/C10H18N4OS2/c1-8-9(13-7-12-8)6-16-4-3-5-17-14-10(15)11-2/h7H,3-6H2,1-2H3,(H,12,13)(H2,11,14,15). The van der Waals surface area contributed by atoms with Gasteiger partial charge in [0.25, 0.3) is 0 Å². The molecule has 1 heterocycles. The topological polar surface area (TPSA) is 69.8 Å². The Balaban J connectivity index is 1.95. The zero-order valence-corrected chi connectivity index (χ0v) is 11.7. The number of H-pyrrole nitrogens is 1. The van der Waals surface area contributed by atoms with Crippen molar-refractivity contribution in [3.05, 3.63) is 17.7 Å². The van der Waals surface area contributed by atoms with Crippen LogP contribution in [-0.2, 0) is 5.75 Å². The summed E-state index contributed by atoms with van der Waals surface area (Å²) < 4.78 is 2.69. The third-order valence-electron chi connectivity index (χ3n) is 2.10. The first-order valence-corrected chi connectivity index (χ1v) is 7.54. The number of imidazole rings is 1. The number of carbonyl (C=O) groups is 1. The summed E-state index contributed by atoms with van der Waals surface area (Å²) in [6.45, 7) is 2.03. The predicted molar refractivity (Wildman–Crippen MR) is 74.2 cm³/mol. The van der Waals surface area contributed by atoms with Crippen molar-refractivity contribution in [1.82, 2.24) is 20.0 Å². The summed E-state index contributed by atoms with van der Waals surface area (Å²) in [5.41, 5.74) is 2.28. The van der Waals surface area contributed by atoms with Gasteiger partial charge in [-0.2, -0.15) is 11.8 Å². The van der Waals surface area contributed by atoms with Crippen LogP contribution in [0.4, 0.5) is 4.79 Å². The van der Waals surface area contributed by atoms with Gasteiger partial charge in [0.05, 0.1) is 12.0 Å². The van der Waals surface area contributed by atoms with Crippen molar-refractivity contribution in [3.63, 3.8) is 0 Å². The molecule has 0 bridgehead atoms. The molecular weight excluding hydrogens is 256 g/mol. The molecule has 0 unspecified atom stereocenters. The largest absolute Gasteiger partial charge is 0.348 e. The number of amides is 2. The number of aryl methyl sites for hydroxylation is 1. The summed E-state index contributed by atoms with van der Waals surface area (Å²) in [6, 6.07) is -0.144. The van der Waals surface area contributed by atoms with E-state index in [1.54, 1.807) is 13.4 Å². The molecule has 5 nitrogen and oxygen atoms in total. The fraction of sp³-hybridized carbons (Fsp3) is 0.600. The SMILES string of the molecule is CNC(=O)NSCCCSCc1nc[nH]c1C. The summed E-state index contributed by atoms with van der Waals surface area (Å²) in [6.07, 6.45) is 2.80. The minimum atomic E-state index is -0.144. The Labute approximate surface area is 110 Å². The van der Waals surface area contributed by atoms with E-state index < -0.39 is 0 Å². The molecule has 0 radical (unpaired) electrons. The van der Waals surface area contributed by atoms with Crippen LogP contribution in [0.15, 0.2) is 6.33 Å². The van der Waals surface area contributed by atoms with Gasteiger partial charge in [-0.05, 0) is 31.0 Å². The molecule has 96 valence electrons. The molecule has 2 amide bonds. The number of hydrogen-bond donors (Lipinski definition) is 3. The number of aromatic amines is 1. The molecule has 0 fully saturated rings. The molecular formula is C10H18N4OS2. The third kappa shape index (κ3) is 5.88. The van der Waals surface area contributed by atoms with Crippen LogP contribution in [0.1, 0.15) is 17.8 Å². The van der Waals surface area contributed by atoms with E-state index in [-0.39, 0.29) is 6.03 Å². The van der Waals surface area contributed by atoms with Crippen LogP contribution in [0, 0.1) is 6.92 Å². The van der Waals surface area contributed by atoms with E-state index in [1.165, 1.54) is 11.9 Å². The maximum atomic E-state index is 10.8. The second-order valence-electron chi connectivity index (χ2n) is 3.41. The molecule has 0 aliphatic rings. The molecule has 1 aromatic heterocycles. The Bertz CT molecular complexity index is 343. The van der Waals surface area contributed by atoms with E-state index in [4.69, 9.17) is 0 Å². The molecule has 0 aliphatic carbocycles. The van der Waals surface area contributed by atoms with Crippen LogP contribution in [0.25, 0.3) is 0 Å². The number of hydrogen-bond acceptors (Lipinski definition) is 4. The number of thioether (sulfide) groups is 1. The maximum absolute atomic E-state index is 10.8. The summed E-state index contributed by atoms with van der Waals surface area (Å²) in [5.74, 6) is 2.96. The Morgan fingerprint density at radius 2 is 2.35 bits per heavy atom. The Kier molecular flexibility index (Phi) is 6.95. The number of urea groups is 1. The normalized spacial score (nSPS) is 10.2.